The molecule has 32 heavy (non-hydrogen) atoms. The number of benzene rings is 2. The normalized spacial score (nSPS) is 15.8. The van der Waals surface area contributed by atoms with Crippen LogP contribution in [0.2, 0.25) is 0 Å². The number of carboxylic acids is 1. The van der Waals surface area contributed by atoms with Gasteiger partial charge in [0.1, 0.15) is 17.2 Å². The van der Waals surface area contributed by atoms with Gasteiger partial charge in [-0.25, -0.2) is 4.79 Å². The van der Waals surface area contributed by atoms with Crippen molar-refractivity contribution in [2.75, 3.05) is 0 Å². The van der Waals surface area contributed by atoms with Crippen LogP contribution >= 0.6 is 11.3 Å². The molecule has 162 valence electrons. The van der Waals surface area contributed by atoms with Crippen LogP contribution in [0.5, 0.6) is 5.75 Å². The lowest BCUT2D eigenvalue weighted by Gasteiger charge is -2.19. The van der Waals surface area contributed by atoms with Crippen LogP contribution in [0, 0.1) is 0 Å². The summed E-state index contributed by atoms with van der Waals surface area (Å²) in [6.07, 6.45) is 7.89. The number of carbonyl (C=O) groups is 1. The van der Waals surface area contributed by atoms with Gasteiger partial charge in [-0.1, -0.05) is 42.5 Å². The first-order valence-corrected chi connectivity index (χ1v) is 11.7. The quantitative estimate of drug-likeness (QED) is 0.326. The monoisotopic (exact) mass is 443 g/mol. The molecule has 1 N–H and O–H groups in total. The number of hydrogen-bond donors (Lipinski definition) is 1. The molecule has 0 saturated carbocycles. The summed E-state index contributed by atoms with van der Waals surface area (Å²) in [6, 6.07) is 20.2. The molecular weight excluding hydrogens is 418 g/mol. The average molecular weight is 444 g/mol. The van der Waals surface area contributed by atoms with Crippen LogP contribution in [0.3, 0.4) is 0 Å². The molecule has 0 fully saturated rings. The zero-order valence-electron chi connectivity index (χ0n) is 18.0. The fraction of sp³-hybridized carbons (Fsp3) is 0.222. The Balaban J connectivity index is 1.52. The molecule has 0 spiro atoms. The number of allylic oxidation sites excluding steroid dienone is 2. The van der Waals surface area contributed by atoms with E-state index in [4.69, 9.17) is 4.74 Å². The van der Waals surface area contributed by atoms with Crippen molar-refractivity contribution >= 4 is 27.5 Å². The smallest absolute Gasteiger partial charge is 0.345 e. The molecule has 1 atom stereocenters. The second-order valence-electron chi connectivity index (χ2n) is 8.22. The van der Waals surface area contributed by atoms with Gasteiger partial charge in [-0.05, 0) is 60.7 Å². The third-order valence-electron chi connectivity index (χ3n) is 6.12. The molecule has 2 aromatic carbocycles. The molecule has 0 saturated heterocycles. The summed E-state index contributed by atoms with van der Waals surface area (Å²) in [5.74, 6) is 0.274. The molecule has 1 unspecified atom stereocenters. The number of nitrogens with zero attached hydrogens (tertiary/aromatic N) is 1. The van der Waals surface area contributed by atoms with E-state index in [-0.39, 0.29) is 0 Å². The van der Waals surface area contributed by atoms with Gasteiger partial charge in [0.2, 0.25) is 0 Å². The zero-order valence-corrected chi connectivity index (χ0v) is 18.8. The minimum atomic E-state index is -0.863. The molecule has 2 heterocycles. The van der Waals surface area contributed by atoms with Crippen LogP contribution in [0.4, 0.5) is 0 Å². The number of aromatic carboxylic acids is 1. The highest BCUT2D eigenvalue weighted by Gasteiger charge is 2.26. The van der Waals surface area contributed by atoms with Crippen molar-refractivity contribution in [2.24, 2.45) is 7.05 Å². The lowest BCUT2D eigenvalue weighted by molar-refractivity contribution is 0.0702. The van der Waals surface area contributed by atoms with Crippen molar-refractivity contribution in [2.45, 2.75) is 31.8 Å². The Morgan fingerprint density at radius 2 is 1.94 bits per heavy atom. The third-order valence-corrected chi connectivity index (χ3v) is 7.27. The summed E-state index contributed by atoms with van der Waals surface area (Å²) in [4.78, 5) is 12.0. The van der Waals surface area contributed by atoms with Gasteiger partial charge in [-0.2, -0.15) is 0 Å². The SMILES string of the molecule is Cn1c(-c2ccc(OCc3ccccc3)cc2)c(C2C=CCCC2)c2sc(C(=O)O)cc21. The molecule has 0 amide bonds. The number of rotatable bonds is 6. The topological polar surface area (TPSA) is 51.5 Å². The molecule has 0 aliphatic heterocycles. The Labute approximate surface area is 191 Å². The highest BCUT2D eigenvalue weighted by Crippen LogP contribution is 2.45. The van der Waals surface area contributed by atoms with Crippen LogP contribution in [0.1, 0.15) is 46.0 Å². The Kier molecular flexibility index (Phi) is 5.58. The molecule has 5 heteroatoms. The van der Waals surface area contributed by atoms with E-state index in [2.05, 4.69) is 41.0 Å². The second-order valence-corrected chi connectivity index (χ2v) is 9.27. The number of aromatic nitrogens is 1. The van der Waals surface area contributed by atoms with Crippen molar-refractivity contribution in [3.63, 3.8) is 0 Å². The number of fused-ring (bicyclic) bond motifs is 1. The van der Waals surface area contributed by atoms with Gasteiger partial charge in [-0.3, -0.25) is 0 Å². The number of carboxylic acid groups (broad SMARTS) is 1. The van der Waals surface area contributed by atoms with Crippen LogP contribution in [-0.2, 0) is 13.7 Å². The summed E-state index contributed by atoms with van der Waals surface area (Å²) < 4.78 is 9.20. The summed E-state index contributed by atoms with van der Waals surface area (Å²) in [6.45, 7) is 0.538. The molecule has 1 aliphatic carbocycles. The number of aryl methyl sites for hydroxylation is 1. The van der Waals surface area contributed by atoms with Crippen molar-refractivity contribution in [3.05, 3.63) is 88.8 Å². The molecule has 5 rings (SSSR count). The maximum absolute atomic E-state index is 11.6. The van der Waals surface area contributed by atoms with Crippen LogP contribution < -0.4 is 4.74 Å². The number of thiophene rings is 1. The van der Waals surface area contributed by atoms with Crippen LogP contribution in [0.25, 0.3) is 21.5 Å². The predicted octanol–water partition coefficient (Wildman–Crippen LogP) is 7.01. The minimum absolute atomic E-state index is 0.303. The van der Waals surface area contributed by atoms with E-state index in [1.54, 1.807) is 6.07 Å². The standard InChI is InChI=1S/C27H25NO3S/c1-28-22-16-23(27(29)30)32-26(22)24(19-10-6-3-7-11-19)25(28)20-12-14-21(15-13-20)31-17-18-8-4-2-5-9-18/h2,4-6,8-10,12-16,19H,3,7,11,17H2,1H3,(H,29,30). The number of ether oxygens (including phenoxy) is 1. The van der Waals surface area contributed by atoms with Gasteiger partial charge in [-0.15, -0.1) is 11.3 Å². The Morgan fingerprint density at radius 3 is 2.62 bits per heavy atom. The summed E-state index contributed by atoms with van der Waals surface area (Å²) in [7, 11) is 2.03. The van der Waals surface area contributed by atoms with E-state index in [0.717, 1.165) is 52.0 Å². The van der Waals surface area contributed by atoms with Crippen molar-refractivity contribution in [3.8, 4) is 17.0 Å². The van der Waals surface area contributed by atoms with E-state index in [9.17, 15) is 9.90 Å². The van der Waals surface area contributed by atoms with Crippen molar-refractivity contribution in [1.29, 1.82) is 0 Å². The molecule has 4 nitrogen and oxygen atoms in total. The minimum Gasteiger partial charge on any atom is -0.489 e. The Hall–Kier alpha value is -3.31. The van der Waals surface area contributed by atoms with Gasteiger partial charge in [0, 0.05) is 18.5 Å². The van der Waals surface area contributed by atoms with Crippen molar-refractivity contribution in [1.82, 2.24) is 4.57 Å². The maximum atomic E-state index is 11.6. The van der Waals surface area contributed by atoms with Crippen LogP contribution in [-0.4, -0.2) is 15.6 Å². The molecule has 1 aliphatic rings. The van der Waals surface area contributed by atoms with Crippen LogP contribution in [0.15, 0.2) is 72.8 Å². The number of hydrogen-bond acceptors (Lipinski definition) is 3. The lowest BCUT2D eigenvalue weighted by Crippen LogP contribution is -2.02. The van der Waals surface area contributed by atoms with Gasteiger partial charge in [0.15, 0.2) is 0 Å². The maximum Gasteiger partial charge on any atom is 0.345 e. The zero-order chi connectivity index (χ0) is 22.1. The Bertz CT molecular complexity index is 1280. The van der Waals surface area contributed by atoms with Crippen molar-refractivity contribution < 1.29 is 14.6 Å². The highest BCUT2D eigenvalue weighted by atomic mass is 32.1. The van der Waals surface area contributed by atoms with E-state index >= 15 is 0 Å². The van der Waals surface area contributed by atoms with Gasteiger partial charge >= 0.3 is 5.97 Å². The molecule has 2 aromatic heterocycles. The second kappa shape index (κ2) is 8.67. The summed E-state index contributed by atoms with van der Waals surface area (Å²) in [5, 5.41) is 9.52. The molecule has 0 radical (unpaired) electrons. The van der Waals surface area contributed by atoms with E-state index in [1.165, 1.54) is 16.9 Å². The first-order chi connectivity index (χ1) is 15.6. The molecule has 0 bridgehead atoms. The first kappa shape index (κ1) is 20.6. The lowest BCUT2D eigenvalue weighted by atomic mass is 9.88. The van der Waals surface area contributed by atoms with Gasteiger partial charge < -0.3 is 14.4 Å². The van der Waals surface area contributed by atoms with E-state index in [0.29, 0.717) is 17.4 Å². The summed E-state index contributed by atoms with van der Waals surface area (Å²) in [5.41, 5.74) is 5.65. The summed E-state index contributed by atoms with van der Waals surface area (Å²) >= 11 is 1.39. The first-order valence-electron chi connectivity index (χ1n) is 10.9. The van der Waals surface area contributed by atoms with E-state index in [1.807, 2.05) is 37.4 Å². The highest BCUT2D eigenvalue weighted by molar-refractivity contribution is 7.21. The third kappa shape index (κ3) is 3.84. The van der Waals surface area contributed by atoms with Gasteiger partial charge in [0.25, 0.3) is 0 Å². The fourth-order valence-electron chi connectivity index (χ4n) is 4.53. The molecule has 4 aromatic rings. The molecular formula is C27H25NO3S. The average Bonchev–Trinajstić information content (AvgIpc) is 3.38. The Morgan fingerprint density at radius 1 is 1.16 bits per heavy atom. The van der Waals surface area contributed by atoms with E-state index < -0.39 is 5.97 Å². The largest absolute Gasteiger partial charge is 0.489 e. The van der Waals surface area contributed by atoms with Gasteiger partial charge in [0.05, 0.1) is 15.9 Å². The fourth-order valence-corrected chi connectivity index (χ4v) is 5.67. The predicted molar refractivity (Wildman–Crippen MR) is 130 cm³/mol.